The normalized spacial score (nSPS) is 13.2. The summed E-state index contributed by atoms with van der Waals surface area (Å²) in [6, 6.07) is 14.4. The van der Waals surface area contributed by atoms with Crippen LogP contribution in [0.4, 0.5) is 18.9 Å². The van der Waals surface area contributed by atoms with Gasteiger partial charge in [0.2, 0.25) is 11.8 Å². The van der Waals surface area contributed by atoms with Crippen LogP contribution < -0.4 is 9.62 Å². The number of amides is 2. The molecule has 0 bridgehead atoms. The SMILES string of the molecule is CC[C@@H](C)NC(=O)[C@H](C)N(Cc1cccc(Cl)c1)C(=O)CN(c1cc(C(F)(F)F)ccc1Cl)S(=O)(=O)c1ccccc1. The number of rotatable bonds is 11. The number of carbonyl (C=O) groups excluding carboxylic acids is 2. The Balaban J connectivity index is 2.12. The maximum Gasteiger partial charge on any atom is 0.416 e. The lowest BCUT2D eigenvalue weighted by Crippen LogP contribution is -2.52. The molecule has 3 rings (SSSR count). The quantitative estimate of drug-likeness (QED) is 0.257. The van der Waals surface area contributed by atoms with Gasteiger partial charge < -0.3 is 10.2 Å². The Labute approximate surface area is 253 Å². The fraction of sp³-hybridized carbons (Fsp3) is 0.310. The molecule has 0 fully saturated rings. The first kappa shape index (κ1) is 33.2. The van der Waals surface area contributed by atoms with E-state index in [1.54, 1.807) is 37.3 Å². The van der Waals surface area contributed by atoms with Crippen molar-refractivity contribution in [1.82, 2.24) is 10.2 Å². The second-order valence-electron chi connectivity index (χ2n) is 9.63. The number of benzene rings is 3. The van der Waals surface area contributed by atoms with Gasteiger partial charge in [-0.3, -0.25) is 13.9 Å². The molecule has 1 N–H and O–H groups in total. The molecule has 42 heavy (non-hydrogen) atoms. The fourth-order valence-corrected chi connectivity index (χ4v) is 5.92. The average Bonchev–Trinajstić information content (AvgIpc) is 2.94. The summed E-state index contributed by atoms with van der Waals surface area (Å²) in [6.07, 6.45) is -4.19. The highest BCUT2D eigenvalue weighted by Gasteiger charge is 2.36. The number of carbonyl (C=O) groups is 2. The molecule has 0 aliphatic heterocycles. The number of halogens is 5. The van der Waals surface area contributed by atoms with Crippen molar-refractivity contribution in [3.05, 3.63) is 94.0 Å². The van der Waals surface area contributed by atoms with E-state index in [0.29, 0.717) is 33.4 Å². The molecule has 13 heteroatoms. The first-order valence-corrected chi connectivity index (χ1v) is 15.1. The highest BCUT2D eigenvalue weighted by molar-refractivity contribution is 7.92. The van der Waals surface area contributed by atoms with Crippen molar-refractivity contribution in [3.63, 3.8) is 0 Å². The zero-order valence-electron chi connectivity index (χ0n) is 23.0. The Morgan fingerprint density at radius 2 is 1.62 bits per heavy atom. The average molecular weight is 645 g/mol. The van der Waals surface area contributed by atoms with E-state index >= 15 is 0 Å². The molecular formula is C29H30Cl2F3N3O4S. The Hall–Kier alpha value is -3.28. The summed E-state index contributed by atoms with van der Waals surface area (Å²) < 4.78 is 69.1. The van der Waals surface area contributed by atoms with E-state index in [4.69, 9.17) is 23.2 Å². The predicted molar refractivity (Wildman–Crippen MR) is 157 cm³/mol. The lowest BCUT2D eigenvalue weighted by atomic mass is 10.1. The van der Waals surface area contributed by atoms with E-state index in [1.807, 2.05) is 6.92 Å². The number of hydrogen-bond acceptors (Lipinski definition) is 4. The van der Waals surface area contributed by atoms with Gasteiger partial charge in [-0.2, -0.15) is 13.2 Å². The predicted octanol–water partition coefficient (Wildman–Crippen LogP) is 6.54. The van der Waals surface area contributed by atoms with Crippen LogP contribution in [0.1, 0.15) is 38.3 Å². The van der Waals surface area contributed by atoms with Gasteiger partial charge in [-0.15, -0.1) is 0 Å². The molecule has 0 saturated carbocycles. The van der Waals surface area contributed by atoms with Crippen LogP contribution in [-0.2, 0) is 32.3 Å². The van der Waals surface area contributed by atoms with Gasteiger partial charge in [0.25, 0.3) is 10.0 Å². The molecular weight excluding hydrogens is 614 g/mol. The first-order chi connectivity index (χ1) is 19.6. The van der Waals surface area contributed by atoms with E-state index < -0.39 is 51.9 Å². The van der Waals surface area contributed by atoms with Crippen molar-refractivity contribution in [1.29, 1.82) is 0 Å². The summed E-state index contributed by atoms with van der Waals surface area (Å²) in [4.78, 5) is 27.9. The second kappa shape index (κ2) is 13.8. The molecule has 3 aromatic rings. The highest BCUT2D eigenvalue weighted by atomic mass is 35.5. The molecule has 3 aromatic carbocycles. The lowest BCUT2D eigenvalue weighted by molar-refractivity contribution is -0.139. The maximum absolute atomic E-state index is 13.9. The number of nitrogens with one attached hydrogen (secondary N) is 1. The molecule has 0 heterocycles. The Kier molecular flexibility index (Phi) is 10.9. The van der Waals surface area contributed by atoms with E-state index in [0.717, 1.165) is 11.0 Å². The molecule has 2 atom stereocenters. The van der Waals surface area contributed by atoms with Crippen molar-refractivity contribution in [3.8, 4) is 0 Å². The zero-order valence-corrected chi connectivity index (χ0v) is 25.4. The van der Waals surface area contributed by atoms with E-state index in [1.165, 1.54) is 31.2 Å². The molecule has 226 valence electrons. The fourth-order valence-electron chi connectivity index (χ4n) is 3.99. The van der Waals surface area contributed by atoms with Gasteiger partial charge in [-0.05, 0) is 68.3 Å². The molecule has 0 spiro atoms. The van der Waals surface area contributed by atoms with Gasteiger partial charge >= 0.3 is 6.18 Å². The smallest absolute Gasteiger partial charge is 0.352 e. The van der Waals surface area contributed by atoms with Crippen molar-refractivity contribution in [2.75, 3.05) is 10.8 Å². The summed E-state index contributed by atoms with van der Waals surface area (Å²) in [5.74, 6) is -1.34. The maximum atomic E-state index is 13.9. The minimum atomic E-state index is -4.81. The van der Waals surface area contributed by atoms with Crippen LogP contribution in [0, 0.1) is 0 Å². The Bertz CT molecular complexity index is 1520. The van der Waals surface area contributed by atoms with Crippen LogP contribution in [0.2, 0.25) is 10.0 Å². The van der Waals surface area contributed by atoms with E-state index in [9.17, 15) is 31.2 Å². The molecule has 0 saturated heterocycles. The molecule has 2 amide bonds. The number of nitrogens with zero attached hydrogens (tertiary/aromatic N) is 2. The Morgan fingerprint density at radius 3 is 2.21 bits per heavy atom. The zero-order chi connectivity index (χ0) is 31.2. The van der Waals surface area contributed by atoms with Crippen molar-refractivity contribution < 1.29 is 31.2 Å². The van der Waals surface area contributed by atoms with Crippen LogP contribution in [0.3, 0.4) is 0 Å². The van der Waals surface area contributed by atoms with Gasteiger partial charge in [0, 0.05) is 17.6 Å². The summed E-state index contributed by atoms with van der Waals surface area (Å²) in [6.45, 7) is 4.06. The van der Waals surface area contributed by atoms with Gasteiger partial charge in [0.1, 0.15) is 12.6 Å². The van der Waals surface area contributed by atoms with Crippen LogP contribution in [0.15, 0.2) is 77.7 Å². The van der Waals surface area contributed by atoms with Crippen LogP contribution in [0.25, 0.3) is 0 Å². The monoisotopic (exact) mass is 643 g/mol. The third kappa shape index (κ3) is 8.17. The molecule has 0 radical (unpaired) electrons. The molecule has 0 aliphatic rings. The highest BCUT2D eigenvalue weighted by Crippen LogP contribution is 2.37. The summed E-state index contributed by atoms with van der Waals surface area (Å²) in [5.41, 5.74) is -1.14. The minimum Gasteiger partial charge on any atom is -0.352 e. The molecule has 0 aromatic heterocycles. The third-order valence-corrected chi connectivity index (χ3v) is 8.89. The summed E-state index contributed by atoms with van der Waals surface area (Å²) in [5, 5.41) is 2.85. The van der Waals surface area contributed by atoms with Gasteiger partial charge in [0.05, 0.1) is 21.2 Å². The number of hydrogen-bond donors (Lipinski definition) is 1. The topological polar surface area (TPSA) is 86.8 Å². The standard InChI is InChI=1S/C29H30Cl2F3N3O4S/c1-4-19(2)35-28(39)20(3)36(17-21-9-8-10-23(30)15-21)27(38)18-37(42(40,41)24-11-6-5-7-12-24)26-16-22(29(32,33)34)13-14-25(26)31/h5-16,19-20H,4,17-18H2,1-3H3,(H,35,39)/t19-,20+/m1/s1. The van der Waals surface area contributed by atoms with Crippen molar-refractivity contribution in [2.45, 2.75) is 56.9 Å². The van der Waals surface area contributed by atoms with Crippen molar-refractivity contribution in [2.24, 2.45) is 0 Å². The van der Waals surface area contributed by atoms with Crippen molar-refractivity contribution >= 4 is 50.7 Å². The first-order valence-electron chi connectivity index (χ1n) is 12.9. The van der Waals surface area contributed by atoms with Gasteiger partial charge in [-0.25, -0.2) is 8.42 Å². The molecule has 7 nitrogen and oxygen atoms in total. The van der Waals surface area contributed by atoms with E-state index in [-0.39, 0.29) is 22.5 Å². The number of sulfonamides is 1. The van der Waals surface area contributed by atoms with Crippen LogP contribution in [-0.4, -0.2) is 43.8 Å². The van der Waals surface area contributed by atoms with Crippen LogP contribution in [0.5, 0.6) is 0 Å². The molecule has 0 unspecified atom stereocenters. The minimum absolute atomic E-state index is 0.135. The lowest BCUT2D eigenvalue weighted by Gasteiger charge is -2.33. The van der Waals surface area contributed by atoms with Gasteiger partial charge in [0.15, 0.2) is 0 Å². The largest absolute Gasteiger partial charge is 0.416 e. The van der Waals surface area contributed by atoms with Crippen LogP contribution >= 0.6 is 23.2 Å². The van der Waals surface area contributed by atoms with Gasteiger partial charge in [-0.1, -0.05) is 60.5 Å². The second-order valence-corrected chi connectivity index (χ2v) is 12.3. The Morgan fingerprint density at radius 1 is 0.952 bits per heavy atom. The molecule has 0 aliphatic carbocycles. The third-order valence-electron chi connectivity index (χ3n) is 6.56. The number of anilines is 1. The number of alkyl halides is 3. The summed E-state index contributed by atoms with van der Waals surface area (Å²) in [7, 11) is -4.60. The van der Waals surface area contributed by atoms with E-state index in [2.05, 4.69) is 5.32 Å². The summed E-state index contributed by atoms with van der Waals surface area (Å²) >= 11 is 12.4.